The standard InChI is InChI=1S/C13H23N3OS/c1-4-13(9-17)6-5-7-16(8-13)12-15-14-11(18-12)10(2)3/h10,17H,4-9H2,1-3H3. The maximum Gasteiger partial charge on any atom is 0.208 e. The van der Waals surface area contributed by atoms with Gasteiger partial charge in [-0.3, -0.25) is 0 Å². The van der Waals surface area contributed by atoms with E-state index in [1.807, 2.05) is 0 Å². The van der Waals surface area contributed by atoms with Gasteiger partial charge in [0.1, 0.15) is 5.01 Å². The smallest absolute Gasteiger partial charge is 0.208 e. The van der Waals surface area contributed by atoms with Gasteiger partial charge in [0.05, 0.1) is 6.61 Å². The minimum atomic E-state index is 0.0575. The summed E-state index contributed by atoms with van der Waals surface area (Å²) >= 11 is 1.69. The fourth-order valence-corrected chi connectivity index (χ4v) is 3.36. The Bertz CT molecular complexity index is 387. The van der Waals surface area contributed by atoms with Crippen LogP contribution in [-0.4, -0.2) is 35.0 Å². The first kappa shape index (κ1) is 13.7. The second-order valence-electron chi connectivity index (χ2n) is 5.61. The van der Waals surface area contributed by atoms with Crippen LogP contribution in [0.2, 0.25) is 0 Å². The average molecular weight is 269 g/mol. The molecule has 18 heavy (non-hydrogen) atoms. The van der Waals surface area contributed by atoms with E-state index in [0.29, 0.717) is 5.92 Å². The molecule has 102 valence electrons. The van der Waals surface area contributed by atoms with E-state index in [2.05, 4.69) is 35.9 Å². The predicted molar refractivity (Wildman–Crippen MR) is 75.3 cm³/mol. The summed E-state index contributed by atoms with van der Waals surface area (Å²) in [7, 11) is 0. The fourth-order valence-electron chi connectivity index (χ4n) is 2.49. The zero-order valence-electron chi connectivity index (χ0n) is 11.5. The summed E-state index contributed by atoms with van der Waals surface area (Å²) in [5.41, 5.74) is 0.0575. The normalized spacial score (nSPS) is 24.8. The van der Waals surface area contributed by atoms with E-state index >= 15 is 0 Å². The maximum absolute atomic E-state index is 9.64. The molecule has 0 aromatic carbocycles. The van der Waals surface area contributed by atoms with Crippen LogP contribution in [-0.2, 0) is 0 Å². The number of hydrogen-bond acceptors (Lipinski definition) is 5. The zero-order chi connectivity index (χ0) is 13.2. The van der Waals surface area contributed by atoms with Gasteiger partial charge >= 0.3 is 0 Å². The van der Waals surface area contributed by atoms with Crippen molar-refractivity contribution in [2.45, 2.75) is 46.0 Å². The number of aliphatic hydroxyl groups excluding tert-OH is 1. The van der Waals surface area contributed by atoms with Crippen LogP contribution in [0.25, 0.3) is 0 Å². The summed E-state index contributed by atoms with van der Waals surface area (Å²) < 4.78 is 0. The van der Waals surface area contributed by atoms with Crippen molar-refractivity contribution in [3.8, 4) is 0 Å². The highest BCUT2D eigenvalue weighted by atomic mass is 32.1. The molecule has 2 heterocycles. The number of aromatic nitrogens is 2. The molecule has 1 atom stereocenters. The first-order chi connectivity index (χ1) is 8.60. The van der Waals surface area contributed by atoms with Crippen LogP contribution in [0.5, 0.6) is 0 Å². The van der Waals surface area contributed by atoms with Gasteiger partial charge in [-0.25, -0.2) is 0 Å². The molecule has 1 N–H and O–H groups in total. The molecule has 1 fully saturated rings. The number of rotatable bonds is 4. The van der Waals surface area contributed by atoms with Gasteiger partial charge in [0.15, 0.2) is 0 Å². The van der Waals surface area contributed by atoms with Crippen LogP contribution in [0.1, 0.15) is 51.0 Å². The first-order valence-corrected chi connectivity index (χ1v) is 7.61. The second-order valence-corrected chi connectivity index (χ2v) is 6.60. The summed E-state index contributed by atoms with van der Waals surface area (Å²) in [6.45, 7) is 8.67. The molecule has 4 nitrogen and oxygen atoms in total. The number of aliphatic hydroxyl groups is 1. The Hall–Kier alpha value is -0.680. The molecule has 1 unspecified atom stereocenters. The van der Waals surface area contributed by atoms with Gasteiger partial charge in [0.2, 0.25) is 5.13 Å². The maximum atomic E-state index is 9.64. The fraction of sp³-hybridized carbons (Fsp3) is 0.846. The van der Waals surface area contributed by atoms with Crippen LogP contribution >= 0.6 is 11.3 Å². The molecular weight excluding hydrogens is 246 g/mol. The molecule has 5 heteroatoms. The van der Waals surface area contributed by atoms with Gasteiger partial charge in [0, 0.05) is 24.4 Å². The molecule has 1 aliphatic heterocycles. The Kier molecular flexibility index (Phi) is 4.22. The van der Waals surface area contributed by atoms with Crippen molar-refractivity contribution in [2.24, 2.45) is 5.41 Å². The van der Waals surface area contributed by atoms with Crippen molar-refractivity contribution >= 4 is 16.5 Å². The number of anilines is 1. The summed E-state index contributed by atoms with van der Waals surface area (Å²) in [4.78, 5) is 2.30. The zero-order valence-corrected chi connectivity index (χ0v) is 12.3. The molecule has 1 aromatic heterocycles. The van der Waals surface area contributed by atoms with E-state index in [1.54, 1.807) is 11.3 Å². The van der Waals surface area contributed by atoms with Gasteiger partial charge in [-0.05, 0) is 19.3 Å². The van der Waals surface area contributed by atoms with Crippen LogP contribution in [0, 0.1) is 5.41 Å². The first-order valence-electron chi connectivity index (χ1n) is 6.79. The lowest BCUT2D eigenvalue weighted by Crippen LogP contribution is -2.45. The van der Waals surface area contributed by atoms with Crippen molar-refractivity contribution in [3.05, 3.63) is 5.01 Å². The minimum Gasteiger partial charge on any atom is -0.396 e. The Morgan fingerprint density at radius 1 is 1.44 bits per heavy atom. The van der Waals surface area contributed by atoms with E-state index < -0.39 is 0 Å². The van der Waals surface area contributed by atoms with Crippen molar-refractivity contribution in [2.75, 3.05) is 24.6 Å². The van der Waals surface area contributed by atoms with Crippen LogP contribution in [0.4, 0.5) is 5.13 Å². The van der Waals surface area contributed by atoms with Crippen LogP contribution in [0.15, 0.2) is 0 Å². The Balaban J connectivity index is 2.12. The highest BCUT2D eigenvalue weighted by molar-refractivity contribution is 7.15. The topological polar surface area (TPSA) is 49.2 Å². The highest BCUT2D eigenvalue weighted by Gasteiger charge is 2.34. The molecule has 0 aliphatic carbocycles. The van der Waals surface area contributed by atoms with Gasteiger partial charge in [-0.2, -0.15) is 0 Å². The van der Waals surface area contributed by atoms with Gasteiger partial charge in [-0.1, -0.05) is 32.1 Å². The lowest BCUT2D eigenvalue weighted by molar-refractivity contribution is 0.101. The van der Waals surface area contributed by atoms with E-state index in [1.165, 1.54) is 0 Å². The van der Waals surface area contributed by atoms with Gasteiger partial charge < -0.3 is 10.0 Å². The summed E-state index contributed by atoms with van der Waals surface area (Å²) in [6, 6.07) is 0. The number of piperidine rings is 1. The van der Waals surface area contributed by atoms with E-state index in [4.69, 9.17) is 0 Å². The molecule has 0 bridgehead atoms. The van der Waals surface area contributed by atoms with Crippen molar-refractivity contribution in [3.63, 3.8) is 0 Å². The quantitative estimate of drug-likeness (QED) is 0.913. The third kappa shape index (κ3) is 2.67. The Morgan fingerprint density at radius 2 is 2.22 bits per heavy atom. The lowest BCUT2D eigenvalue weighted by Gasteiger charge is -2.41. The number of hydrogen-bond donors (Lipinski definition) is 1. The molecule has 0 spiro atoms. The third-order valence-corrected chi connectivity index (χ3v) is 5.23. The molecule has 1 aliphatic rings. The molecule has 0 amide bonds. The predicted octanol–water partition coefficient (Wildman–Crippen LogP) is 2.65. The van der Waals surface area contributed by atoms with Gasteiger partial charge in [-0.15, -0.1) is 10.2 Å². The molecule has 2 rings (SSSR count). The largest absolute Gasteiger partial charge is 0.396 e. The van der Waals surface area contributed by atoms with Crippen molar-refractivity contribution in [1.29, 1.82) is 0 Å². The molecule has 1 saturated heterocycles. The summed E-state index contributed by atoms with van der Waals surface area (Å²) in [6.07, 6.45) is 3.27. The SMILES string of the molecule is CCC1(CO)CCCN(c2nnc(C(C)C)s2)C1. The summed E-state index contributed by atoms with van der Waals surface area (Å²) in [5, 5.41) is 20.3. The monoisotopic (exact) mass is 269 g/mol. The number of nitrogens with zero attached hydrogens (tertiary/aromatic N) is 3. The van der Waals surface area contributed by atoms with Crippen molar-refractivity contribution in [1.82, 2.24) is 10.2 Å². The average Bonchev–Trinajstić information content (AvgIpc) is 2.88. The molecule has 0 saturated carbocycles. The van der Waals surface area contributed by atoms with E-state index in [0.717, 1.165) is 42.5 Å². The van der Waals surface area contributed by atoms with Crippen LogP contribution < -0.4 is 4.90 Å². The molecular formula is C13H23N3OS. The van der Waals surface area contributed by atoms with Gasteiger partial charge in [0.25, 0.3) is 0 Å². The highest BCUT2D eigenvalue weighted by Crippen LogP contribution is 2.36. The van der Waals surface area contributed by atoms with Crippen LogP contribution in [0.3, 0.4) is 0 Å². The van der Waals surface area contributed by atoms with E-state index in [9.17, 15) is 5.11 Å². The second kappa shape index (κ2) is 5.53. The van der Waals surface area contributed by atoms with E-state index in [-0.39, 0.29) is 12.0 Å². The summed E-state index contributed by atoms with van der Waals surface area (Å²) in [5.74, 6) is 0.440. The minimum absolute atomic E-state index is 0.0575. The lowest BCUT2D eigenvalue weighted by atomic mass is 9.78. The Morgan fingerprint density at radius 3 is 2.78 bits per heavy atom. The molecule has 1 aromatic rings. The third-order valence-electron chi connectivity index (χ3n) is 3.94. The Labute approximate surface area is 113 Å². The molecule has 0 radical (unpaired) electrons. The van der Waals surface area contributed by atoms with Crippen molar-refractivity contribution < 1.29 is 5.11 Å².